The van der Waals surface area contributed by atoms with E-state index in [-0.39, 0.29) is 11.7 Å². The summed E-state index contributed by atoms with van der Waals surface area (Å²) in [5, 5.41) is 12.7. The molecular formula is C28H33ClN6O3. The van der Waals surface area contributed by atoms with Gasteiger partial charge in [0.15, 0.2) is 0 Å². The molecule has 10 heteroatoms. The number of phenols is 1. The molecule has 1 saturated heterocycles. The first kappa shape index (κ1) is 26.1. The molecule has 1 N–H and O–H groups in total. The first-order valence-electron chi connectivity index (χ1n) is 12.8. The van der Waals surface area contributed by atoms with E-state index in [1.807, 2.05) is 43.3 Å². The van der Waals surface area contributed by atoms with Crippen LogP contribution in [-0.2, 0) is 17.8 Å². The number of halogens is 1. The average Bonchev–Trinajstić information content (AvgIpc) is 2.93. The minimum Gasteiger partial charge on any atom is -0.506 e. The van der Waals surface area contributed by atoms with E-state index >= 15 is 0 Å². The SMILES string of the molecule is C=CC(=O)N1CCN(c2nc(OCCN(C)C)nc3c2CCN(c2cc(O)c(Cl)c4ccccc24)C3)CC1. The second-order valence-electron chi connectivity index (χ2n) is 9.87. The maximum Gasteiger partial charge on any atom is 0.318 e. The van der Waals surface area contributed by atoms with E-state index in [1.165, 1.54) is 6.08 Å². The maximum absolute atomic E-state index is 12.1. The number of nitrogens with zero attached hydrogens (tertiary/aromatic N) is 6. The largest absolute Gasteiger partial charge is 0.506 e. The zero-order chi connectivity index (χ0) is 26.8. The number of hydrogen-bond donors (Lipinski definition) is 1. The van der Waals surface area contributed by atoms with Gasteiger partial charge in [0.05, 0.1) is 17.3 Å². The van der Waals surface area contributed by atoms with Crippen molar-refractivity contribution in [3.05, 3.63) is 59.3 Å². The zero-order valence-electron chi connectivity index (χ0n) is 21.9. The minimum atomic E-state index is -0.0452. The number of aromatic nitrogens is 2. The fraction of sp³-hybridized carbons (Fsp3) is 0.393. The molecule has 5 rings (SSSR count). The van der Waals surface area contributed by atoms with Gasteiger partial charge in [0.2, 0.25) is 5.91 Å². The number of carbonyl (C=O) groups is 1. The summed E-state index contributed by atoms with van der Waals surface area (Å²) in [5.74, 6) is 0.898. The Hall–Kier alpha value is -3.56. The number of rotatable bonds is 7. The van der Waals surface area contributed by atoms with Gasteiger partial charge in [0.25, 0.3) is 0 Å². The Morgan fingerprint density at radius 3 is 2.58 bits per heavy atom. The molecule has 2 aliphatic heterocycles. The Morgan fingerprint density at radius 1 is 1.13 bits per heavy atom. The van der Waals surface area contributed by atoms with Crippen molar-refractivity contribution in [1.82, 2.24) is 19.8 Å². The third-order valence-electron chi connectivity index (χ3n) is 7.14. The number of carbonyl (C=O) groups excluding carboxylic acids is 1. The lowest BCUT2D eigenvalue weighted by molar-refractivity contribution is -0.126. The molecule has 0 saturated carbocycles. The van der Waals surface area contributed by atoms with E-state index in [0.717, 1.165) is 53.0 Å². The topological polar surface area (TPSA) is 85.3 Å². The number of anilines is 2. The summed E-state index contributed by atoms with van der Waals surface area (Å²) >= 11 is 6.41. The molecule has 0 aliphatic carbocycles. The lowest BCUT2D eigenvalue weighted by atomic mass is 10.0. The van der Waals surface area contributed by atoms with Gasteiger partial charge in [0.1, 0.15) is 18.2 Å². The zero-order valence-corrected chi connectivity index (χ0v) is 22.6. The molecular weight excluding hydrogens is 504 g/mol. The monoisotopic (exact) mass is 536 g/mol. The quantitative estimate of drug-likeness (QED) is 0.460. The highest BCUT2D eigenvalue weighted by molar-refractivity contribution is 6.37. The summed E-state index contributed by atoms with van der Waals surface area (Å²) in [5.41, 5.74) is 2.93. The van der Waals surface area contributed by atoms with E-state index < -0.39 is 0 Å². The fourth-order valence-electron chi connectivity index (χ4n) is 5.08. The second-order valence-corrected chi connectivity index (χ2v) is 10.2. The Balaban J connectivity index is 1.47. The Kier molecular flexibility index (Phi) is 7.58. The van der Waals surface area contributed by atoms with E-state index in [1.54, 1.807) is 6.07 Å². The van der Waals surface area contributed by atoms with Gasteiger partial charge in [-0.1, -0.05) is 42.4 Å². The average molecular weight is 537 g/mol. The molecule has 9 nitrogen and oxygen atoms in total. The number of piperazine rings is 1. The molecule has 0 atom stereocenters. The minimum absolute atomic E-state index is 0.0452. The molecule has 1 amide bonds. The number of benzene rings is 2. The molecule has 1 aromatic heterocycles. The highest BCUT2D eigenvalue weighted by Gasteiger charge is 2.29. The molecule has 200 valence electrons. The maximum atomic E-state index is 12.1. The van der Waals surface area contributed by atoms with Crippen LogP contribution in [0.25, 0.3) is 10.8 Å². The van der Waals surface area contributed by atoms with Crippen molar-refractivity contribution in [2.24, 2.45) is 0 Å². The van der Waals surface area contributed by atoms with Crippen LogP contribution >= 0.6 is 11.6 Å². The third kappa shape index (κ3) is 5.21. The van der Waals surface area contributed by atoms with Crippen LogP contribution < -0.4 is 14.5 Å². The molecule has 0 spiro atoms. The van der Waals surface area contributed by atoms with Crippen LogP contribution in [0.5, 0.6) is 11.8 Å². The van der Waals surface area contributed by atoms with Gasteiger partial charge in [0, 0.05) is 67.4 Å². The Bertz CT molecular complexity index is 1360. The summed E-state index contributed by atoms with van der Waals surface area (Å²) in [6.07, 6.45) is 2.11. The molecule has 0 bridgehead atoms. The molecule has 1 fully saturated rings. The van der Waals surface area contributed by atoms with E-state index in [9.17, 15) is 9.90 Å². The molecule has 0 unspecified atom stereocenters. The van der Waals surface area contributed by atoms with Crippen molar-refractivity contribution in [3.63, 3.8) is 0 Å². The lowest BCUT2D eigenvalue weighted by Crippen LogP contribution is -2.49. The lowest BCUT2D eigenvalue weighted by Gasteiger charge is -2.38. The van der Waals surface area contributed by atoms with Crippen LogP contribution in [-0.4, -0.2) is 90.8 Å². The first-order chi connectivity index (χ1) is 18.4. The van der Waals surface area contributed by atoms with E-state index in [0.29, 0.717) is 50.4 Å². The summed E-state index contributed by atoms with van der Waals surface area (Å²) in [6.45, 7) is 8.72. The van der Waals surface area contributed by atoms with Gasteiger partial charge in [-0.25, -0.2) is 0 Å². The molecule has 3 heterocycles. The van der Waals surface area contributed by atoms with Crippen LogP contribution in [0.1, 0.15) is 11.3 Å². The van der Waals surface area contributed by atoms with Gasteiger partial charge in [-0.05, 0) is 26.6 Å². The Morgan fingerprint density at radius 2 is 1.87 bits per heavy atom. The van der Waals surface area contributed by atoms with Crippen molar-refractivity contribution < 1.29 is 14.6 Å². The number of hydrogen-bond acceptors (Lipinski definition) is 8. The second kappa shape index (κ2) is 11.0. The van der Waals surface area contributed by atoms with Gasteiger partial charge in [-0.3, -0.25) is 4.79 Å². The Labute approximate surface area is 227 Å². The van der Waals surface area contributed by atoms with Crippen LogP contribution in [0.2, 0.25) is 5.02 Å². The fourth-order valence-corrected chi connectivity index (χ4v) is 5.29. The van der Waals surface area contributed by atoms with Crippen molar-refractivity contribution in [2.45, 2.75) is 13.0 Å². The van der Waals surface area contributed by atoms with Crippen LogP contribution in [0, 0.1) is 0 Å². The smallest absolute Gasteiger partial charge is 0.318 e. The summed E-state index contributed by atoms with van der Waals surface area (Å²) in [4.78, 5) is 30.1. The third-order valence-corrected chi connectivity index (χ3v) is 7.53. The standard InChI is InChI=1S/C28H33ClN6O3/c1-4-25(37)33-11-13-34(14-12-33)27-21-9-10-35(18-22(21)30-28(31-27)38-16-15-32(2)3)23-17-24(36)26(29)20-8-6-5-7-19(20)23/h4-8,17,36H,1,9-16,18H2,2-3H3. The van der Waals surface area contributed by atoms with Crippen LogP contribution in [0.15, 0.2) is 43.0 Å². The van der Waals surface area contributed by atoms with Crippen molar-refractivity contribution >= 4 is 39.8 Å². The van der Waals surface area contributed by atoms with Gasteiger partial charge < -0.3 is 29.4 Å². The predicted molar refractivity (Wildman–Crippen MR) is 150 cm³/mol. The highest BCUT2D eigenvalue weighted by Crippen LogP contribution is 2.41. The molecule has 2 aliphatic rings. The normalized spacial score (nSPS) is 15.6. The summed E-state index contributed by atoms with van der Waals surface area (Å²) < 4.78 is 5.99. The number of fused-ring (bicyclic) bond motifs is 2. The van der Waals surface area contributed by atoms with Crippen molar-refractivity contribution in [2.75, 3.05) is 69.8 Å². The number of aromatic hydroxyl groups is 1. The molecule has 38 heavy (non-hydrogen) atoms. The van der Waals surface area contributed by atoms with E-state index in [4.69, 9.17) is 26.3 Å². The predicted octanol–water partition coefficient (Wildman–Crippen LogP) is 3.33. The number of phenolic OH excluding ortho intramolecular Hbond substituents is 1. The van der Waals surface area contributed by atoms with Crippen LogP contribution in [0.3, 0.4) is 0 Å². The van der Waals surface area contributed by atoms with Gasteiger partial charge >= 0.3 is 6.01 Å². The molecule has 0 radical (unpaired) electrons. The summed E-state index contributed by atoms with van der Waals surface area (Å²) in [7, 11) is 3.99. The molecule has 2 aromatic carbocycles. The van der Waals surface area contributed by atoms with Gasteiger partial charge in [-0.2, -0.15) is 9.97 Å². The van der Waals surface area contributed by atoms with E-state index in [2.05, 4.69) is 21.3 Å². The van der Waals surface area contributed by atoms with Crippen molar-refractivity contribution in [3.8, 4) is 11.8 Å². The first-order valence-corrected chi connectivity index (χ1v) is 13.2. The molecule has 3 aromatic rings. The van der Waals surface area contributed by atoms with Crippen molar-refractivity contribution in [1.29, 1.82) is 0 Å². The highest BCUT2D eigenvalue weighted by atomic mass is 35.5. The number of amides is 1. The van der Waals surface area contributed by atoms with Gasteiger partial charge in [-0.15, -0.1) is 0 Å². The summed E-state index contributed by atoms with van der Waals surface area (Å²) in [6, 6.07) is 9.94. The number of ether oxygens (including phenoxy) is 1. The number of likely N-dealkylation sites (N-methyl/N-ethyl adjacent to an activating group) is 1. The van der Waals surface area contributed by atoms with Crippen LogP contribution in [0.4, 0.5) is 11.5 Å².